The monoisotopic (exact) mass is 510 g/mol. The molecule has 0 spiro atoms. The van der Waals surface area contributed by atoms with Crippen LogP contribution in [0.1, 0.15) is 104 Å². The predicted molar refractivity (Wildman–Crippen MR) is 152 cm³/mol. The maximum Gasteiger partial charge on any atom is 0.335 e. The quantitative estimate of drug-likeness (QED) is 0.350. The Labute approximate surface area is 226 Å². The molecule has 198 valence electrons. The van der Waals surface area contributed by atoms with E-state index in [4.69, 9.17) is 9.84 Å². The van der Waals surface area contributed by atoms with E-state index in [0.29, 0.717) is 11.1 Å². The van der Waals surface area contributed by atoms with Gasteiger partial charge in [0.15, 0.2) is 0 Å². The Hall–Kier alpha value is -3.55. The molecule has 4 nitrogen and oxygen atoms in total. The SMILES string of the molecule is Cc1ccc(C(C)(C)Oc2cc(C(O)C#Cc3ccc(C(=O)O)cc3)cc3c2C(C)(C)CCC3(C)C)cc1. The summed E-state index contributed by atoms with van der Waals surface area (Å²) < 4.78 is 6.83. The van der Waals surface area contributed by atoms with Gasteiger partial charge in [-0.1, -0.05) is 75.4 Å². The Morgan fingerprint density at radius 3 is 2.16 bits per heavy atom. The van der Waals surface area contributed by atoms with E-state index in [1.807, 2.05) is 6.07 Å². The lowest BCUT2D eigenvalue weighted by atomic mass is 9.62. The molecule has 1 aliphatic carbocycles. The number of hydrogen-bond acceptors (Lipinski definition) is 3. The minimum atomic E-state index is -1.02. The van der Waals surface area contributed by atoms with Crippen molar-refractivity contribution in [2.24, 2.45) is 0 Å². The van der Waals surface area contributed by atoms with Crippen molar-refractivity contribution in [2.75, 3.05) is 0 Å². The molecule has 0 bridgehead atoms. The Morgan fingerprint density at radius 1 is 0.947 bits per heavy atom. The van der Waals surface area contributed by atoms with E-state index < -0.39 is 17.7 Å². The summed E-state index contributed by atoms with van der Waals surface area (Å²) in [7, 11) is 0. The van der Waals surface area contributed by atoms with Crippen molar-refractivity contribution < 1.29 is 19.7 Å². The number of aliphatic hydroxyl groups excluding tert-OH is 1. The van der Waals surface area contributed by atoms with Crippen LogP contribution in [0.2, 0.25) is 0 Å². The normalized spacial score (nSPS) is 16.5. The van der Waals surface area contributed by atoms with Crippen molar-refractivity contribution in [3.63, 3.8) is 0 Å². The number of hydrogen-bond donors (Lipinski definition) is 2. The molecule has 4 heteroatoms. The molecule has 3 aromatic carbocycles. The third-order valence-electron chi connectivity index (χ3n) is 7.82. The van der Waals surface area contributed by atoms with Crippen LogP contribution < -0.4 is 4.74 Å². The van der Waals surface area contributed by atoms with Crippen LogP contribution in [0.4, 0.5) is 0 Å². The highest BCUT2D eigenvalue weighted by Crippen LogP contribution is 2.51. The van der Waals surface area contributed by atoms with Gasteiger partial charge in [0.1, 0.15) is 17.5 Å². The molecule has 0 fully saturated rings. The zero-order chi connectivity index (χ0) is 27.9. The number of carboxylic acids is 1. The molecule has 0 amide bonds. The standard InChI is InChI=1S/C34H38O4/c1-22-8-15-26(16-9-22)34(6,7)38-29-21-25(20-27-30(29)33(4,5)19-18-32(27,2)3)28(35)17-12-23-10-13-24(14-11-23)31(36)37/h8-11,13-16,20-21,28,35H,18-19H2,1-7H3,(H,36,37). The van der Waals surface area contributed by atoms with Crippen LogP contribution >= 0.6 is 0 Å². The molecule has 0 aliphatic heterocycles. The molecule has 4 rings (SSSR count). The highest BCUT2D eigenvalue weighted by atomic mass is 16.5. The number of carboxylic acid groups (broad SMARTS) is 1. The van der Waals surface area contributed by atoms with E-state index >= 15 is 0 Å². The predicted octanol–water partition coefficient (Wildman–Crippen LogP) is 7.44. The lowest BCUT2D eigenvalue weighted by molar-refractivity contribution is 0.0696. The molecule has 0 heterocycles. The van der Waals surface area contributed by atoms with Gasteiger partial charge in [-0.2, -0.15) is 0 Å². The molecule has 0 saturated carbocycles. The maximum atomic E-state index is 11.2. The van der Waals surface area contributed by atoms with Gasteiger partial charge in [-0.3, -0.25) is 0 Å². The smallest absolute Gasteiger partial charge is 0.335 e. The Kier molecular flexibility index (Phi) is 7.21. The largest absolute Gasteiger partial charge is 0.483 e. The summed E-state index contributed by atoms with van der Waals surface area (Å²) in [6.45, 7) is 15.3. The van der Waals surface area contributed by atoms with Crippen molar-refractivity contribution in [3.05, 3.63) is 99.6 Å². The van der Waals surface area contributed by atoms with Gasteiger partial charge in [0, 0.05) is 11.1 Å². The van der Waals surface area contributed by atoms with Gasteiger partial charge in [0.25, 0.3) is 0 Å². The number of aliphatic hydroxyl groups is 1. The van der Waals surface area contributed by atoms with Crippen LogP contribution in [0.15, 0.2) is 60.7 Å². The Bertz CT molecular complexity index is 1400. The summed E-state index contributed by atoms with van der Waals surface area (Å²) in [6, 6.07) is 18.8. The van der Waals surface area contributed by atoms with Gasteiger partial charge in [-0.15, -0.1) is 0 Å². The van der Waals surface area contributed by atoms with Crippen molar-refractivity contribution >= 4 is 5.97 Å². The second-order valence-corrected chi connectivity index (χ2v) is 12.2. The van der Waals surface area contributed by atoms with E-state index in [1.165, 1.54) is 28.8 Å². The zero-order valence-electron chi connectivity index (χ0n) is 23.5. The number of benzene rings is 3. The minimum Gasteiger partial charge on any atom is -0.483 e. The molecule has 2 N–H and O–H groups in total. The number of ether oxygens (including phenoxy) is 1. The summed E-state index contributed by atoms with van der Waals surface area (Å²) in [5.41, 5.74) is 5.47. The van der Waals surface area contributed by atoms with Crippen LogP contribution in [0.5, 0.6) is 5.75 Å². The van der Waals surface area contributed by atoms with Crippen LogP contribution in [-0.4, -0.2) is 16.2 Å². The third-order valence-corrected chi connectivity index (χ3v) is 7.82. The van der Waals surface area contributed by atoms with E-state index in [9.17, 15) is 9.90 Å². The van der Waals surface area contributed by atoms with E-state index in [2.05, 4.69) is 90.6 Å². The van der Waals surface area contributed by atoms with Crippen LogP contribution in [0.25, 0.3) is 0 Å². The van der Waals surface area contributed by atoms with Crippen LogP contribution in [0, 0.1) is 18.8 Å². The molecule has 1 unspecified atom stereocenters. The lowest BCUT2D eigenvalue weighted by Gasteiger charge is -2.44. The summed E-state index contributed by atoms with van der Waals surface area (Å²) >= 11 is 0. The summed E-state index contributed by atoms with van der Waals surface area (Å²) in [4.78, 5) is 11.1. The van der Waals surface area contributed by atoms with Gasteiger partial charge in [-0.25, -0.2) is 4.79 Å². The zero-order valence-corrected chi connectivity index (χ0v) is 23.5. The van der Waals surface area contributed by atoms with Crippen molar-refractivity contribution in [1.82, 2.24) is 0 Å². The molecular formula is C34H38O4. The molecular weight excluding hydrogens is 472 g/mol. The van der Waals surface area contributed by atoms with E-state index in [0.717, 1.165) is 24.2 Å². The van der Waals surface area contributed by atoms with Crippen molar-refractivity contribution in [3.8, 4) is 17.6 Å². The highest BCUT2D eigenvalue weighted by Gasteiger charge is 2.41. The number of fused-ring (bicyclic) bond motifs is 1. The first-order chi connectivity index (χ1) is 17.7. The number of rotatable bonds is 5. The van der Waals surface area contributed by atoms with Crippen LogP contribution in [0.3, 0.4) is 0 Å². The number of carbonyl (C=O) groups is 1. The number of aromatic carboxylic acids is 1. The summed E-state index contributed by atoms with van der Waals surface area (Å²) in [5, 5.41) is 20.3. The van der Waals surface area contributed by atoms with Crippen molar-refractivity contribution in [1.29, 1.82) is 0 Å². The average molecular weight is 511 g/mol. The topological polar surface area (TPSA) is 66.8 Å². The van der Waals surface area contributed by atoms with E-state index in [-0.39, 0.29) is 16.4 Å². The maximum absolute atomic E-state index is 11.2. The molecule has 0 aromatic heterocycles. The average Bonchev–Trinajstić information content (AvgIpc) is 2.85. The fraction of sp³-hybridized carbons (Fsp3) is 0.382. The minimum absolute atomic E-state index is 0.0766. The fourth-order valence-corrected chi connectivity index (χ4v) is 5.21. The van der Waals surface area contributed by atoms with Crippen LogP contribution in [-0.2, 0) is 16.4 Å². The molecule has 0 radical (unpaired) electrons. The molecule has 1 aliphatic rings. The molecule has 1 atom stereocenters. The first-order valence-electron chi connectivity index (χ1n) is 13.2. The highest BCUT2D eigenvalue weighted by molar-refractivity contribution is 5.87. The van der Waals surface area contributed by atoms with Gasteiger partial charge in [-0.05, 0) is 91.5 Å². The van der Waals surface area contributed by atoms with Gasteiger partial charge in [0.2, 0.25) is 0 Å². The second-order valence-electron chi connectivity index (χ2n) is 12.2. The third kappa shape index (κ3) is 5.64. The Morgan fingerprint density at radius 2 is 1.55 bits per heavy atom. The lowest BCUT2D eigenvalue weighted by Crippen LogP contribution is -2.36. The first kappa shape index (κ1) is 27.5. The molecule has 3 aromatic rings. The number of aryl methyl sites for hydroxylation is 1. The van der Waals surface area contributed by atoms with Gasteiger partial charge < -0.3 is 14.9 Å². The molecule has 0 saturated heterocycles. The Balaban J connectivity index is 1.78. The van der Waals surface area contributed by atoms with E-state index in [1.54, 1.807) is 12.1 Å². The first-order valence-corrected chi connectivity index (χ1v) is 13.2. The fourth-order valence-electron chi connectivity index (χ4n) is 5.21. The summed E-state index contributed by atoms with van der Waals surface area (Å²) in [6.07, 6.45) is 1.06. The van der Waals surface area contributed by atoms with Gasteiger partial charge >= 0.3 is 5.97 Å². The second kappa shape index (κ2) is 9.97. The molecule has 38 heavy (non-hydrogen) atoms. The van der Waals surface area contributed by atoms with Gasteiger partial charge in [0.05, 0.1) is 5.56 Å². The summed E-state index contributed by atoms with van der Waals surface area (Å²) in [5.74, 6) is 5.74. The van der Waals surface area contributed by atoms with Crippen molar-refractivity contribution in [2.45, 2.75) is 83.8 Å².